The molecule has 0 spiro atoms. The Morgan fingerprint density at radius 3 is 3.00 bits per heavy atom. The van der Waals surface area contributed by atoms with Crippen LogP contribution in [0.4, 0.5) is 0 Å². The van der Waals surface area contributed by atoms with Gasteiger partial charge in [-0.1, -0.05) is 29.8 Å². The van der Waals surface area contributed by atoms with Crippen molar-refractivity contribution >= 4 is 23.4 Å². The third kappa shape index (κ3) is 3.60. The Balaban J connectivity index is 2.01. The summed E-state index contributed by atoms with van der Waals surface area (Å²) in [6.45, 7) is 0.802. The number of benzene rings is 1. The van der Waals surface area contributed by atoms with Crippen LogP contribution in [0.1, 0.15) is 5.56 Å². The third-order valence-corrected chi connectivity index (χ3v) is 4.29. The highest BCUT2D eigenvalue weighted by molar-refractivity contribution is 7.99. The van der Waals surface area contributed by atoms with Gasteiger partial charge in [0.1, 0.15) is 0 Å². The number of nitrogens with two attached hydrogens (primary N) is 1. The molecule has 1 fully saturated rings. The summed E-state index contributed by atoms with van der Waals surface area (Å²) in [7, 11) is 0. The van der Waals surface area contributed by atoms with Crippen molar-refractivity contribution in [3.05, 3.63) is 34.9 Å². The number of hydrazine groups is 1. The average Bonchev–Trinajstić information content (AvgIpc) is 2.39. The van der Waals surface area contributed by atoms with E-state index in [-0.39, 0.29) is 12.1 Å². The second-order valence-corrected chi connectivity index (χ2v) is 5.61. The molecule has 5 heteroatoms. The van der Waals surface area contributed by atoms with Gasteiger partial charge in [0, 0.05) is 16.5 Å². The van der Waals surface area contributed by atoms with Gasteiger partial charge in [-0.2, -0.15) is 11.8 Å². The van der Waals surface area contributed by atoms with E-state index in [9.17, 15) is 0 Å². The van der Waals surface area contributed by atoms with Crippen LogP contribution in [0.3, 0.4) is 0 Å². The fraction of sp³-hybridized carbons (Fsp3) is 0.500. The van der Waals surface area contributed by atoms with Crippen LogP contribution in [0.25, 0.3) is 0 Å². The van der Waals surface area contributed by atoms with Crippen molar-refractivity contribution in [3.8, 4) is 0 Å². The normalized spacial score (nSPS) is 22.4. The summed E-state index contributed by atoms with van der Waals surface area (Å²) in [5, 5.41) is 0.788. The lowest BCUT2D eigenvalue weighted by atomic mass is 10.0. The predicted octanol–water partition coefficient (Wildman–Crippen LogP) is 1.85. The molecule has 0 aromatic heterocycles. The highest BCUT2D eigenvalue weighted by Gasteiger charge is 2.24. The van der Waals surface area contributed by atoms with Gasteiger partial charge in [-0.05, 0) is 18.1 Å². The number of halogens is 1. The molecule has 3 nitrogen and oxygen atoms in total. The van der Waals surface area contributed by atoms with E-state index in [1.165, 1.54) is 0 Å². The van der Waals surface area contributed by atoms with E-state index in [1.54, 1.807) is 0 Å². The number of nitrogens with one attached hydrogen (secondary N) is 1. The Morgan fingerprint density at radius 1 is 1.53 bits per heavy atom. The molecule has 1 aromatic carbocycles. The molecular weight excluding hydrogens is 256 g/mol. The highest BCUT2D eigenvalue weighted by Crippen LogP contribution is 2.21. The van der Waals surface area contributed by atoms with Gasteiger partial charge in [-0.3, -0.25) is 11.3 Å². The minimum Gasteiger partial charge on any atom is -0.375 e. The van der Waals surface area contributed by atoms with Crippen molar-refractivity contribution in [3.63, 3.8) is 0 Å². The van der Waals surface area contributed by atoms with Crippen LogP contribution in [-0.4, -0.2) is 30.3 Å². The summed E-state index contributed by atoms with van der Waals surface area (Å²) < 4.78 is 5.74. The Hall–Kier alpha value is -0.260. The number of hydrogen-bond donors (Lipinski definition) is 2. The summed E-state index contributed by atoms with van der Waals surface area (Å²) >= 11 is 8.06. The van der Waals surface area contributed by atoms with Crippen LogP contribution >= 0.6 is 23.4 Å². The fourth-order valence-corrected chi connectivity index (χ4v) is 3.09. The highest BCUT2D eigenvalue weighted by atomic mass is 35.5. The van der Waals surface area contributed by atoms with Crippen molar-refractivity contribution in [2.45, 2.75) is 18.6 Å². The molecule has 1 aromatic rings. The average molecular weight is 273 g/mol. The molecule has 1 heterocycles. The molecule has 1 aliphatic rings. The zero-order valence-corrected chi connectivity index (χ0v) is 11.1. The molecule has 0 radical (unpaired) electrons. The van der Waals surface area contributed by atoms with Crippen molar-refractivity contribution in [2.24, 2.45) is 5.84 Å². The summed E-state index contributed by atoms with van der Waals surface area (Å²) in [4.78, 5) is 0. The number of rotatable bonds is 4. The lowest BCUT2D eigenvalue weighted by Crippen LogP contribution is -2.49. The molecule has 0 saturated carbocycles. The van der Waals surface area contributed by atoms with Crippen molar-refractivity contribution in [1.29, 1.82) is 0 Å². The number of thioether (sulfide) groups is 1. The summed E-state index contributed by atoms with van der Waals surface area (Å²) in [6, 6.07) is 7.97. The number of ether oxygens (including phenoxy) is 1. The van der Waals surface area contributed by atoms with Crippen molar-refractivity contribution in [1.82, 2.24) is 5.43 Å². The lowest BCUT2D eigenvalue weighted by Gasteiger charge is -2.30. The number of hydrogen-bond acceptors (Lipinski definition) is 4. The Bertz CT molecular complexity index is 358. The van der Waals surface area contributed by atoms with Crippen molar-refractivity contribution < 1.29 is 4.74 Å². The first-order chi connectivity index (χ1) is 8.31. The smallest absolute Gasteiger partial charge is 0.0835 e. The molecule has 1 aliphatic heterocycles. The quantitative estimate of drug-likeness (QED) is 0.649. The standard InChI is InChI=1S/C12H17ClN2OS/c13-10-4-2-1-3-9(10)7-11(15-14)12-8-17-6-5-16-12/h1-4,11-12,15H,5-8,14H2. The third-order valence-electron chi connectivity index (χ3n) is 2.90. The molecule has 2 atom stereocenters. The van der Waals surface area contributed by atoms with Gasteiger partial charge in [0.2, 0.25) is 0 Å². The fourth-order valence-electron chi connectivity index (χ4n) is 1.94. The first-order valence-corrected chi connectivity index (χ1v) is 7.23. The monoisotopic (exact) mass is 272 g/mol. The zero-order chi connectivity index (χ0) is 12.1. The SMILES string of the molecule is NNC(Cc1ccccc1Cl)C1CSCCO1. The van der Waals surface area contributed by atoms with Crippen LogP contribution in [0.5, 0.6) is 0 Å². The Morgan fingerprint density at radius 2 is 2.35 bits per heavy atom. The van der Waals surface area contributed by atoms with Crippen LogP contribution in [-0.2, 0) is 11.2 Å². The molecule has 1 saturated heterocycles. The van der Waals surface area contributed by atoms with Gasteiger partial charge >= 0.3 is 0 Å². The Labute approximate surface area is 111 Å². The molecule has 2 rings (SSSR count). The summed E-state index contributed by atoms with van der Waals surface area (Å²) in [5.74, 6) is 7.67. The minimum atomic E-state index is 0.114. The second-order valence-electron chi connectivity index (χ2n) is 4.05. The van der Waals surface area contributed by atoms with Crippen LogP contribution < -0.4 is 11.3 Å². The van der Waals surface area contributed by atoms with Gasteiger partial charge in [0.15, 0.2) is 0 Å². The van der Waals surface area contributed by atoms with E-state index in [0.29, 0.717) is 0 Å². The molecule has 2 unspecified atom stereocenters. The van der Waals surface area contributed by atoms with Crippen LogP contribution in [0.15, 0.2) is 24.3 Å². The largest absolute Gasteiger partial charge is 0.375 e. The molecule has 0 bridgehead atoms. The minimum absolute atomic E-state index is 0.114. The van der Waals surface area contributed by atoms with E-state index in [4.69, 9.17) is 22.2 Å². The molecular formula is C12H17ClN2OS. The van der Waals surface area contributed by atoms with Gasteiger partial charge in [-0.15, -0.1) is 0 Å². The summed E-state index contributed by atoms with van der Waals surface area (Å²) in [6.07, 6.45) is 0.955. The van der Waals surface area contributed by atoms with E-state index in [1.807, 2.05) is 36.0 Å². The second kappa shape index (κ2) is 6.61. The molecule has 0 amide bonds. The summed E-state index contributed by atoms with van der Waals surface area (Å²) in [5.41, 5.74) is 3.96. The van der Waals surface area contributed by atoms with E-state index in [0.717, 1.165) is 35.1 Å². The topological polar surface area (TPSA) is 47.3 Å². The molecule has 17 heavy (non-hydrogen) atoms. The molecule has 94 valence electrons. The predicted molar refractivity (Wildman–Crippen MR) is 73.3 cm³/mol. The van der Waals surface area contributed by atoms with E-state index >= 15 is 0 Å². The van der Waals surface area contributed by atoms with Gasteiger partial charge in [0.05, 0.1) is 18.8 Å². The molecule has 3 N–H and O–H groups in total. The van der Waals surface area contributed by atoms with Gasteiger partial charge in [0.25, 0.3) is 0 Å². The van der Waals surface area contributed by atoms with Gasteiger partial charge < -0.3 is 4.74 Å². The van der Waals surface area contributed by atoms with E-state index in [2.05, 4.69) is 5.43 Å². The first kappa shape index (κ1) is 13.2. The first-order valence-electron chi connectivity index (χ1n) is 5.70. The lowest BCUT2D eigenvalue weighted by molar-refractivity contribution is 0.0472. The molecule has 0 aliphatic carbocycles. The van der Waals surface area contributed by atoms with Crippen molar-refractivity contribution in [2.75, 3.05) is 18.1 Å². The van der Waals surface area contributed by atoms with Crippen LogP contribution in [0.2, 0.25) is 5.02 Å². The van der Waals surface area contributed by atoms with E-state index < -0.39 is 0 Å². The Kier molecular flexibility index (Phi) is 5.13. The maximum atomic E-state index is 6.15. The van der Waals surface area contributed by atoms with Crippen LogP contribution in [0, 0.1) is 0 Å². The zero-order valence-electron chi connectivity index (χ0n) is 9.56. The maximum absolute atomic E-state index is 6.15. The van der Waals surface area contributed by atoms with Gasteiger partial charge in [-0.25, -0.2) is 0 Å². The maximum Gasteiger partial charge on any atom is 0.0835 e.